The summed E-state index contributed by atoms with van der Waals surface area (Å²) in [4.78, 5) is 24.1. The van der Waals surface area contributed by atoms with Crippen molar-refractivity contribution in [3.05, 3.63) is 59.1 Å². The summed E-state index contributed by atoms with van der Waals surface area (Å²) in [7, 11) is 0. The second-order valence-electron chi connectivity index (χ2n) is 6.21. The van der Waals surface area contributed by atoms with E-state index >= 15 is 0 Å². The second kappa shape index (κ2) is 9.39. The Kier molecular flexibility index (Phi) is 6.68. The number of amides is 2. The minimum atomic E-state index is -0.291. The van der Waals surface area contributed by atoms with Gasteiger partial charge in [-0.05, 0) is 61.4 Å². The lowest BCUT2D eigenvalue weighted by Crippen LogP contribution is -2.31. The Bertz CT molecular complexity index is 772. The fourth-order valence-corrected chi connectivity index (χ4v) is 2.82. The van der Waals surface area contributed by atoms with Gasteiger partial charge in [0.2, 0.25) is 0 Å². The number of hydrogen-bond acceptors (Lipinski definition) is 4. The van der Waals surface area contributed by atoms with Gasteiger partial charge in [-0.15, -0.1) is 0 Å². The summed E-state index contributed by atoms with van der Waals surface area (Å²) in [5.41, 5.74) is 1.12. The summed E-state index contributed by atoms with van der Waals surface area (Å²) in [6.45, 7) is 1.15. The van der Waals surface area contributed by atoms with Crippen LogP contribution >= 0.6 is 11.6 Å². The van der Waals surface area contributed by atoms with E-state index in [0.29, 0.717) is 28.6 Å². The number of nitrogens with one attached hydrogen (secondary N) is 2. The zero-order valence-electron chi connectivity index (χ0n) is 14.7. The van der Waals surface area contributed by atoms with E-state index in [4.69, 9.17) is 21.1 Å². The maximum Gasteiger partial charge on any atom is 0.262 e. The van der Waals surface area contributed by atoms with Crippen molar-refractivity contribution < 1.29 is 19.1 Å². The smallest absolute Gasteiger partial charge is 0.262 e. The predicted octanol–water partition coefficient (Wildman–Crippen LogP) is 3.27. The van der Waals surface area contributed by atoms with Crippen LogP contribution < -0.4 is 15.4 Å². The standard InChI is InChI=1S/C20H21ClN2O4/c21-15-5-9-17(10-6-15)27-13-19(24)23-16-7-3-14(4-8-16)20(25)22-12-18-2-1-11-26-18/h3-10,18H,1-2,11-13H2,(H,22,25)(H,23,24)/t18-/m0/s1. The van der Waals surface area contributed by atoms with E-state index in [1.807, 2.05) is 0 Å². The van der Waals surface area contributed by atoms with E-state index in [0.717, 1.165) is 19.4 Å². The fraction of sp³-hybridized carbons (Fsp3) is 0.300. The topological polar surface area (TPSA) is 76.7 Å². The number of rotatable bonds is 7. The van der Waals surface area contributed by atoms with Crippen LogP contribution in [-0.2, 0) is 9.53 Å². The van der Waals surface area contributed by atoms with Crippen LogP contribution in [0.25, 0.3) is 0 Å². The lowest BCUT2D eigenvalue weighted by atomic mass is 10.2. The van der Waals surface area contributed by atoms with Crippen LogP contribution in [0.15, 0.2) is 48.5 Å². The van der Waals surface area contributed by atoms with Gasteiger partial charge < -0.3 is 20.1 Å². The number of hydrogen-bond donors (Lipinski definition) is 2. The molecule has 2 N–H and O–H groups in total. The third kappa shape index (κ3) is 5.98. The summed E-state index contributed by atoms with van der Waals surface area (Å²) < 4.78 is 10.9. The largest absolute Gasteiger partial charge is 0.484 e. The average molecular weight is 389 g/mol. The molecule has 2 amide bonds. The van der Waals surface area contributed by atoms with Gasteiger partial charge in [-0.3, -0.25) is 9.59 Å². The molecule has 1 fully saturated rings. The Hall–Kier alpha value is -2.57. The van der Waals surface area contributed by atoms with Crippen molar-refractivity contribution in [3.63, 3.8) is 0 Å². The summed E-state index contributed by atoms with van der Waals surface area (Å²) in [6, 6.07) is 13.5. The summed E-state index contributed by atoms with van der Waals surface area (Å²) in [5, 5.41) is 6.19. The van der Waals surface area contributed by atoms with E-state index < -0.39 is 0 Å². The molecule has 0 radical (unpaired) electrons. The molecule has 7 heteroatoms. The van der Waals surface area contributed by atoms with Crippen LogP contribution in [0.4, 0.5) is 5.69 Å². The molecule has 6 nitrogen and oxygen atoms in total. The first-order valence-corrected chi connectivity index (χ1v) is 9.16. The molecule has 142 valence electrons. The summed E-state index contributed by atoms with van der Waals surface area (Å²) >= 11 is 5.80. The van der Waals surface area contributed by atoms with Gasteiger partial charge in [0.25, 0.3) is 11.8 Å². The number of benzene rings is 2. The second-order valence-corrected chi connectivity index (χ2v) is 6.65. The van der Waals surface area contributed by atoms with Gasteiger partial charge in [0.15, 0.2) is 6.61 Å². The maximum absolute atomic E-state index is 12.1. The Morgan fingerprint density at radius 3 is 2.52 bits per heavy atom. The van der Waals surface area contributed by atoms with Crippen LogP contribution in [0.5, 0.6) is 5.75 Å². The molecule has 0 bridgehead atoms. The lowest BCUT2D eigenvalue weighted by Gasteiger charge is -2.11. The van der Waals surface area contributed by atoms with Crippen molar-refractivity contribution in [2.45, 2.75) is 18.9 Å². The molecule has 1 heterocycles. The Morgan fingerprint density at radius 1 is 1.11 bits per heavy atom. The zero-order valence-corrected chi connectivity index (χ0v) is 15.5. The van der Waals surface area contributed by atoms with Gasteiger partial charge >= 0.3 is 0 Å². The quantitative estimate of drug-likeness (QED) is 0.763. The van der Waals surface area contributed by atoms with Gasteiger partial charge in [-0.1, -0.05) is 11.6 Å². The maximum atomic E-state index is 12.1. The number of halogens is 1. The molecule has 2 aromatic rings. The first-order valence-electron chi connectivity index (χ1n) is 8.78. The van der Waals surface area contributed by atoms with E-state index in [1.165, 1.54) is 0 Å². The number of anilines is 1. The molecular formula is C20H21ClN2O4. The highest BCUT2D eigenvalue weighted by molar-refractivity contribution is 6.30. The summed E-state index contributed by atoms with van der Waals surface area (Å²) in [5.74, 6) is 0.114. The van der Waals surface area contributed by atoms with Crippen molar-refractivity contribution in [2.75, 3.05) is 25.1 Å². The van der Waals surface area contributed by atoms with Gasteiger partial charge in [-0.2, -0.15) is 0 Å². The fourth-order valence-electron chi connectivity index (χ4n) is 2.70. The minimum Gasteiger partial charge on any atom is -0.484 e. The highest BCUT2D eigenvalue weighted by atomic mass is 35.5. The molecule has 27 heavy (non-hydrogen) atoms. The molecule has 0 aliphatic carbocycles. The molecule has 1 saturated heterocycles. The van der Waals surface area contributed by atoms with Crippen LogP contribution in [0.2, 0.25) is 5.02 Å². The molecule has 0 spiro atoms. The lowest BCUT2D eigenvalue weighted by molar-refractivity contribution is -0.118. The molecule has 1 atom stereocenters. The number of ether oxygens (including phenoxy) is 2. The molecule has 1 aliphatic heterocycles. The zero-order chi connectivity index (χ0) is 19.1. The Balaban J connectivity index is 1.44. The van der Waals surface area contributed by atoms with Crippen molar-refractivity contribution in [2.24, 2.45) is 0 Å². The molecule has 0 unspecified atom stereocenters. The van der Waals surface area contributed by atoms with Gasteiger partial charge in [0.1, 0.15) is 5.75 Å². The molecular weight excluding hydrogens is 368 g/mol. The first kappa shape index (κ1) is 19.2. The molecule has 2 aromatic carbocycles. The Morgan fingerprint density at radius 2 is 1.85 bits per heavy atom. The highest BCUT2D eigenvalue weighted by Gasteiger charge is 2.16. The van der Waals surface area contributed by atoms with Crippen LogP contribution in [0.1, 0.15) is 23.2 Å². The SMILES string of the molecule is O=C(COc1ccc(Cl)cc1)Nc1ccc(C(=O)NC[C@@H]2CCCO2)cc1. The minimum absolute atomic E-state index is 0.105. The normalized spacial score (nSPS) is 16.0. The third-order valence-corrected chi connectivity index (χ3v) is 4.38. The third-order valence-electron chi connectivity index (χ3n) is 4.13. The molecule has 0 aromatic heterocycles. The van der Waals surface area contributed by atoms with Crippen molar-refractivity contribution in [1.29, 1.82) is 0 Å². The van der Waals surface area contributed by atoms with Crippen LogP contribution in [0.3, 0.4) is 0 Å². The first-order chi connectivity index (χ1) is 13.1. The van der Waals surface area contributed by atoms with Gasteiger partial charge in [0.05, 0.1) is 6.10 Å². The molecule has 1 aliphatic rings. The monoisotopic (exact) mass is 388 g/mol. The van der Waals surface area contributed by atoms with Crippen LogP contribution in [-0.4, -0.2) is 37.7 Å². The van der Waals surface area contributed by atoms with E-state index in [1.54, 1.807) is 48.5 Å². The molecule has 0 saturated carbocycles. The summed E-state index contributed by atoms with van der Waals surface area (Å²) in [6.07, 6.45) is 2.12. The highest BCUT2D eigenvalue weighted by Crippen LogP contribution is 2.16. The predicted molar refractivity (Wildman–Crippen MR) is 103 cm³/mol. The van der Waals surface area contributed by atoms with Crippen molar-refractivity contribution in [3.8, 4) is 5.75 Å². The van der Waals surface area contributed by atoms with Gasteiger partial charge in [-0.25, -0.2) is 0 Å². The van der Waals surface area contributed by atoms with E-state index in [9.17, 15) is 9.59 Å². The number of carbonyl (C=O) groups is 2. The van der Waals surface area contributed by atoms with Gasteiger partial charge in [0, 0.05) is 29.4 Å². The average Bonchev–Trinajstić information content (AvgIpc) is 3.20. The molecule has 3 rings (SSSR count). The Labute approximate surface area is 162 Å². The number of carbonyl (C=O) groups excluding carboxylic acids is 2. The van der Waals surface area contributed by atoms with E-state index in [-0.39, 0.29) is 24.5 Å². The van der Waals surface area contributed by atoms with Crippen molar-refractivity contribution >= 4 is 29.1 Å². The van der Waals surface area contributed by atoms with E-state index in [2.05, 4.69) is 10.6 Å². The van der Waals surface area contributed by atoms with Crippen molar-refractivity contribution in [1.82, 2.24) is 5.32 Å². The van der Waals surface area contributed by atoms with Crippen LogP contribution in [0, 0.1) is 0 Å².